The average molecular weight is 304 g/mol. The number of hydrogen-bond donors (Lipinski definition) is 1. The van der Waals surface area contributed by atoms with Crippen molar-refractivity contribution in [2.45, 2.75) is 32.9 Å². The van der Waals surface area contributed by atoms with Gasteiger partial charge < -0.3 is 10.0 Å². The van der Waals surface area contributed by atoms with Crippen molar-refractivity contribution in [3.8, 4) is 0 Å². The van der Waals surface area contributed by atoms with E-state index in [9.17, 15) is 14.7 Å². The van der Waals surface area contributed by atoms with Crippen LogP contribution in [0.1, 0.15) is 32.4 Å². The van der Waals surface area contributed by atoms with Crippen molar-refractivity contribution in [2.24, 2.45) is 0 Å². The molecule has 1 atom stereocenters. The molecule has 0 aliphatic rings. The van der Waals surface area contributed by atoms with E-state index in [-0.39, 0.29) is 17.0 Å². The first kappa shape index (κ1) is 15.8. The fourth-order valence-corrected chi connectivity index (χ4v) is 2.48. The molecule has 1 aromatic carbocycles. The number of carboxylic acids is 1. The van der Waals surface area contributed by atoms with Crippen molar-refractivity contribution in [1.82, 2.24) is 4.90 Å². The van der Waals surface area contributed by atoms with Gasteiger partial charge in [-0.2, -0.15) is 0 Å². The molecule has 1 N–H and O–H groups in total. The van der Waals surface area contributed by atoms with Crippen molar-refractivity contribution < 1.29 is 14.7 Å². The predicted octanol–water partition coefficient (Wildman–Crippen LogP) is 3.38. The standard InChI is InChI=1S/C13H15Cl2NO3/c1-7(2)16(8(3)17)12(13(18)19)10-5-4-9(14)6-11(10)15/h4-7,12H,1-3H3,(H,18,19). The lowest BCUT2D eigenvalue weighted by Crippen LogP contribution is -2.42. The molecule has 0 saturated heterocycles. The number of nitrogens with zero attached hydrogens (tertiary/aromatic N) is 1. The topological polar surface area (TPSA) is 57.6 Å². The Morgan fingerprint density at radius 3 is 2.21 bits per heavy atom. The van der Waals surface area contributed by atoms with E-state index in [0.717, 1.165) is 0 Å². The number of amides is 1. The van der Waals surface area contributed by atoms with Crippen molar-refractivity contribution >= 4 is 35.1 Å². The summed E-state index contributed by atoms with van der Waals surface area (Å²) in [5.74, 6) is -1.46. The molecule has 1 aromatic rings. The largest absolute Gasteiger partial charge is 0.479 e. The molecule has 1 unspecified atom stereocenters. The zero-order chi connectivity index (χ0) is 14.7. The molecule has 0 saturated carbocycles. The zero-order valence-corrected chi connectivity index (χ0v) is 12.4. The van der Waals surface area contributed by atoms with Crippen LogP contribution >= 0.6 is 23.2 Å². The summed E-state index contributed by atoms with van der Waals surface area (Å²) in [6, 6.07) is 3.17. The average Bonchev–Trinajstić information content (AvgIpc) is 2.25. The molecule has 0 radical (unpaired) electrons. The molecule has 1 rings (SSSR count). The summed E-state index contributed by atoms with van der Waals surface area (Å²) in [6.07, 6.45) is 0. The first-order valence-electron chi connectivity index (χ1n) is 5.72. The minimum absolute atomic E-state index is 0.229. The van der Waals surface area contributed by atoms with Gasteiger partial charge in [-0.05, 0) is 26.0 Å². The van der Waals surface area contributed by atoms with Crippen LogP contribution in [0, 0.1) is 0 Å². The second-order valence-electron chi connectivity index (χ2n) is 4.43. The van der Waals surface area contributed by atoms with Gasteiger partial charge in [0.2, 0.25) is 5.91 Å². The Balaban J connectivity index is 3.34. The first-order valence-corrected chi connectivity index (χ1v) is 6.48. The highest BCUT2D eigenvalue weighted by molar-refractivity contribution is 6.35. The Morgan fingerprint density at radius 1 is 1.26 bits per heavy atom. The lowest BCUT2D eigenvalue weighted by molar-refractivity contribution is -0.151. The van der Waals surface area contributed by atoms with Gasteiger partial charge in [-0.15, -0.1) is 0 Å². The lowest BCUT2D eigenvalue weighted by Gasteiger charge is -2.32. The van der Waals surface area contributed by atoms with Crippen LogP contribution in [-0.4, -0.2) is 27.9 Å². The minimum atomic E-state index is -1.13. The Kier molecular flexibility index (Phi) is 5.20. The zero-order valence-electron chi connectivity index (χ0n) is 10.9. The van der Waals surface area contributed by atoms with Gasteiger partial charge in [-0.25, -0.2) is 4.79 Å². The Hall–Kier alpha value is -1.26. The van der Waals surface area contributed by atoms with Crippen LogP contribution in [0.25, 0.3) is 0 Å². The Labute approximate surface area is 121 Å². The van der Waals surface area contributed by atoms with Crippen LogP contribution in [0.3, 0.4) is 0 Å². The maximum Gasteiger partial charge on any atom is 0.331 e. The van der Waals surface area contributed by atoms with E-state index < -0.39 is 12.0 Å². The van der Waals surface area contributed by atoms with E-state index >= 15 is 0 Å². The van der Waals surface area contributed by atoms with E-state index in [1.807, 2.05) is 0 Å². The van der Waals surface area contributed by atoms with Gasteiger partial charge in [0.1, 0.15) is 0 Å². The van der Waals surface area contributed by atoms with Crippen molar-refractivity contribution in [2.75, 3.05) is 0 Å². The third-order valence-electron chi connectivity index (χ3n) is 2.69. The fourth-order valence-electron chi connectivity index (χ4n) is 1.97. The smallest absolute Gasteiger partial charge is 0.331 e. The van der Waals surface area contributed by atoms with E-state index in [2.05, 4.69) is 0 Å². The van der Waals surface area contributed by atoms with Gasteiger partial charge in [-0.1, -0.05) is 29.3 Å². The molecule has 104 valence electrons. The lowest BCUT2D eigenvalue weighted by atomic mass is 10.0. The van der Waals surface area contributed by atoms with Gasteiger partial charge in [-0.3, -0.25) is 4.79 Å². The molecular weight excluding hydrogens is 289 g/mol. The molecule has 0 bridgehead atoms. The summed E-state index contributed by atoms with van der Waals surface area (Å²) in [4.78, 5) is 24.5. The highest BCUT2D eigenvalue weighted by Crippen LogP contribution is 2.31. The number of carbonyl (C=O) groups is 2. The van der Waals surface area contributed by atoms with Crippen molar-refractivity contribution in [1.29, 1.82) is 0 Å². The molecule has 0 aliphatic heterocycles. The second-order valence-corrected chi connectivity index (χ2v) is 5.27. The molecule has 0 fully saturated rings. The number of aliphatic carboxylic acids is 1. The fraction of sp³-hybridized carbons (Fsp3) is 0.385. The highest BCUT2D eigenvalue weighted by Gasteiger charge is 2.32. The van der Waals surface area contributed by atoms with Crippen LogP contribution < -0.4 is 0 Å². The van der Waals surface area contributed by atoms with Gasteiger partial charge >= 0.3 is 5.97 Å². The first-order chi connectivity index (χ1) is 8.75. The van der Waals surface area contributed by atoms with Crippen molar-refractivity contribution in [3.05, 3.63) is 33.8 Å². The molecule has 6 heteroatoms. The third-order valence-corrected chi connectivity index (χ3v) is 3.25. The Morgan fingerprint density at radius 2 is 1.84 bits per heavy atom. The van der Waals surface area contributed by atoms with E-state index in [1.54, 1.807) is 19.9 Å². The molecule has 0 heterocycles. The van der Waals surface area contributed by atoms with Crippen LogP contribution in [0.5, 0.6) is 0 Å². The Bertz CT molecular complexity index is 503. The van der Waals surface area contributed by atoms with Crippen LogP contribution in [0.4, 0.5) is 0 Å². The number of benzene rings is 1. The van der Waals surface area contributed by atoms with Gasteiger partial charge in [0.15, 0.2) is 6.04 Å². The number of hydrogen-bond acceptors (Lipinski definition) is 2. The summed E-state index contributed by atoms with van der Waals surface area (Å²) in [5.41, 5.74) is 0.350. The summed E-state index contributed by atoms with van der Waals surface area (Å²) in [5, 5.41) is 10.0. The summed E-state index contributed by atoms with van der Waals surface area (Å²) in [7, 11) is 0. The number of carbonyl (C=O) groups excluding carboxylic acids is 1. The molecule has 0 aliphatic carbocycles. The summed E-state index contributed by atoms with van der Waals surface area (Å²) in [6.45, 7) is 4.84. The second kappa shape index (κ2) is 6.26. The summed E-state index contributed by atoms with van der Waals surface area (Å²) >= 11 is 11.8. The molecule has 0 aromatic heterocycles. The highest BCUT2D eigenvalue weighted by atomic mass is 35.5. The molecule has 1 amide bonds. The van der Waals surface area contributed by atoms with E-state index in [4.69, 9.17) is 23.2 Å². The van der Waals surface area contributed by atoms with Gasteiger partial charge in [0.25, 0.3) is 0 Å². The maximum atomic E-state index is 11.7. The number of carboxylic acid groups (broad SMARTS) is 1. The quantitative estimate of drug-likeness (QED) is 0.927. The third kappa shape index (κ3) is 3.61. The van der Waals surface area contributed by atoms with Gasteiger partial charge in [0.05, 0.1) is 0 Å². The SMILES string of the molecule is CC(=O)N(C(C)C)C(C(=O)O)c1ccc(Cl)cc1Cl. The monoisotopic (exact) mass is 303 g/mol. The predicted molar refractivity (Wildman–Crippen MR) is 74.5 cm³/mol. The molecule has 4 nitrogen and oxygen atoms in total. The maximum absolute atomic E-state index is 11.7. The van der Waals surface area contributed by atoms with Crippen molar-refractivity contribution in [3.63, 3.8) is 0 Å². The molecule has 0 spiro atoms. The minimum Gasteiger partial charge on any atom is -0.479 e. The molecule has 19 heavy (non-hydrogen) atoms. The van der Waals surface area contributed by atoms with Crippen LogP contribution in [-0.2, 0) is 9.59 Å². The normalized spacial score (nSPS) is 12.3. The van der Waals surface area contributed by atoms with E-state index in [1.165, 1.54) is 24.0 Å². The van der Waals surface area contributed by atoms with Gasteiger partial charge in [0, 0.05) is 28.6 Å². The number of halogens is 2. The van der Waals surface area contributed by atoms with Crippen LogP contribution in [0.2, 0.25) is 10.0 Å². The van der Waals surface area contributed by atoms with E-state index in [0.29, 0.717) is 10.6 Å². The molecular formula is C13H15Cl2NO3. The van der Waals surface area contributed by atoms with Crippen LogP contribution in [0.15, 0.2) is 18.2 Å². The summed E-state index contributed by atoms with van der Waals surface area (Å²) < 4.78 is 0. The number of rotatable bonds is 4.